The molecule has 0 heterocycles. The maximum Gasteiger partial charge on any atom is 0.0792 e. The predicted molar refractivity (Wildman–Crippen MR) is 84.4 cm³/mol. The number of hydrogen-bond donors (Lipinski definition) is 1. The lowest BCUT2D eigenvalue weighted by atomic mass is 9.84. The van der Waals surface area contributed by atoms with E-state index in [1.54, 1.807) is 0 Å². The summed E-state index contributed by atoms with van der Waals surface area (Å²) in [6, 6.07) is 4.25. The molecule has 1 aliphatic rings. The van der Waals surface area contributed by atoms with E-state index in [9.17, 15) is 5.11 Å². The fourth-order valence-corrected chi connectivity index (χ4v) is 3.65. The molecular formula is C17H25BrO. The molecule has 0 spiro atoms. The van der Waals surface area contributed by atoms with Gasteiger partial charge in [0, 0.05) is 4.47 Å². The molecule has 1 nitrogen and oxygen atoms in total. The van der Waals surface area contributed by atoms with Gasteiger partial charge in [0.05, 0.1) is 6.10 Å². The minimum atomic E-state index is -0.297. The third kappa shape index (κ3) is 4.06. The molecule has 1 fully saturated rings. The molecule has 1 saturated carbocycles. The molecular weight excluding hydrogens is 300 g/mol. The van der Waals surface area contributed by atoms with E-state index in [1.807, 2.05) is 0 Å². The number of aliphatic hydroxyl groups is 1. The Hall–Kier alpha value is -0.340. The maximum atomic E-state index is 10.4. The Balaban J connectivity index is 1.95. The monoisotopic (exact) mass is 324 g/mol. The average Bonchev–Trinajstić information content (AvgIpc) is 2.41. The number of hydrogen-bond acceptors (Lipinski definition) is 1. The Morgan fingerprint density at radius 1 is 1.16 bits per heavy atom. The summed E-state index contributed by atoms with van der Waals surface area (Å²) in [6.07, 6.45) is 8.70. The Morgan fingerprint density at radius 3 is 2.53 bits per heavy atom. The van der Waals surface area contributed by atoms with Gasteiger partial charge in [0.15, 0.2) is 0 Å². The van der Waals surface area contributed by atoms with E-state index in [-0.39, 0.29) is 6.10 Å². The maximum absolute atomic E-state index is 10.4. The molecule has 0 saturated heterocycles. The Bertz CT molecular complexity index is 422. The van der Waals surface area contributed by atoms with Crippen LogP contribution < -0.4 is 0 Å². The Kier molecular flexibility index (Phi) is 5.47. The molecule has 0 aromatic heterocycles. The van der Waals surface area contributed by atoms with Crippen LogP contribution in [-0.2, 0) is 0 Å². The van der Waals surface area contributed by atoms with Crippen LogP contribution in [0.15, 0.2) is 16.6 Å². The Labute approximate surface area is 125 Å². The van der Waals surface area contributed by atoms with Crippen LogP contribution in [0.1, 0.15) is 67.7 Å². The standard InChI is InChI=1S/C17H25BrO/c1-12-11-16(18)13(2)10-15(12)17(19)9-8-14-6-4-3-5-7-14/h10-11,14,17,19H,3-9H2,1-2H3. The van der Waals surface area contributed by atoms with Crippen molar-refractivity contribution in [2.75, 3.05) is 0 Å². The first-order valence-corrected chi connectivity index (χ1v) is 8.32. The van der Waals surface area contributed by atoms with Crippen molar-refractivity contribution in [2.45, 2.75) is 64.9 Å². The van der Waals surface area contributed by atoms with Gasteiger partial charge in [-0.3, -0.25) is 0 Å². The summed E-state index contributed by atoms with van der Waals surface area (Å²) < 4.78 is 1.13. The summed E-state index contributed by atoms with van der Waals surface area (Å²) in [5.74, 6) is 0.847. The second-order valence-corrected chi connectivity index (χ2v) is 6.91. The van der Waals surface area contributed by atoms with Crippen molar-refractivity contribution in [3.63, 3.8) is 0 Å². The molecule has 1 aliphatic carbocycles. The minimum absolute atomic E-state index is 0.297. The second kappa shape index (κ2) is 6.90. The van der Waals surface area contributed by atoms with E-state index in [4.69, 9.17) is 0 Å². The molecule has 2 heteroatoms. The lowest BCUT2D eigenvalue weighted by Crippen LogP contribution is -2.09. The van der Waals surface area contributed by atoms with E-state index >= 15 is 0 Å². The van der Waals surface area contributed by atoms with Gasteiger partial charge in [0.2, 0.25) is 0 Å². The molecule has 1 N–H and O–H groups in total. The van der Waals surface area contributed by atoms with Crippen molar-refractivity contribution in [2.24, 2.45) is 5.92 Å². The van der Waals surface area contributed by atoms with Crippen LogP contribution in [0.25, 0.3) is 0 Å². The molecule has 1 aromatic carbocycles. The van der Waals surface area contributed by atoms with Crippen molar-refractivity contribution in [3.8, 4) is 0 Å². The van der Waals surface area contributed by atoms with Crippen LogP contribution in [0.2, 0.25) is 0 Å². The molecule has 0 bridgehead atoms. The Morgan fingerprint density at radius 2 is 1.84 bits per heavy atom. The van der Waals surface area contributed by atoms with Crippen LogP contribution in [0.3, 0.4) is 0 Å². The summed E-state index contributed by atoms with van der Waals surface area (Å²) in [6.45, 7) is 4.17. The highest BCUT2D eigenvalue weighted by molar-refractivity contribution is 9.10. The predicted octanol–water partition coefficient (Wildman–Crippen LogP) is 5.46. The number of halogens is 1. The smallest absolute Gasteiger partial charge is 0.0792 e. The molecule has 1 unspecified atom stereocenters. The highest BCUT2D eigenvalue weighted by Crippen LogP contribution is 2.32. The van der Waals surface area contributed by atoms with Crippen LogP contribution in [0.5, 0.6) is 0 Å². The highest BCUT2D eigenvalue weighted by atomic mass is 79.9. The fraction of sp³-hybridized carbons (Fsp3) is 0.647. The normalized spacial score (nSPS) is 18.5. The molecule has 0 amide bonds. The summed E-state index contributed by atoms with van der Waals surface area (Å²) in [4.78, 5) is 0. The lowest BCUT2D eigenvalue weighted by molar-refractivity contribution is 0.150. The molecule has 106 valence electrons. The molecule has 2 rings (SSSR count). The SMILES string of the molecule is Cc1cc(C(O)CCC2CCCCC2)c(C)cc1Br. The molecule has 0 aliphatic heterocycles. The van der Waals surface area contributed by atoms with Crippen LogP contribution >= 0.6 is 15.9 Å². The zero-order chi connectivity index (χ0) is 13.8. The van der Waals surface area contributed by atoms with Crippen molar-refractivity contribution in [3.05, 3.63) is 33.3 Å². The third-order valence-corrected chi connectivity index (χ3v) is 5.33. The quantitative estimate of drug-likeness (QED) is 0.779. The number of aryl methyl sites for hydroxylation is 2. The van der Waals surface area contributed by atoms with Crippen LogP contribution in [-0.4, -0.2) is 5.11 Å². The molecule has 19 heavy (non-hydrogen) atoms. The summed E-state index contributed by atoms with van der Waals surface area (Å²) in [5.41, 5.74) is 3.50. The van der Waals surface area contributed by atoms with Crippen molar-refractivity contribution in [1.29, 1.82) is 0 Å². The van der Waals surface area contributed by atoms with Gasteiger partial charge < -0.3 is 5.11 Å². The van der Waals surface area contributed by atoms with Gasteiger partial charge >= 0.3 is 0 Å². The first-order chi connectivity index (χ1) is 9.08. The summed E-state index contributed by atoms with van der Waals surface area (Å²) in [5, 5.41) is 10.4. The van der Waals surface area contributed by atoms with Gasteiger partial charge in [-0.05, 0) is 55.4 Å². The van der Waals surface area contributed by atoms with Gasteiger partial charge in [0.1, 0.15) is 0 Å². The number of aliphatic hydroxyl groups excluding tert-OH is 1. The van der Waals surface area contributed by atoms with E-state index in [0.29, 0.717) is 0 Å². The fourth-order valence-electron chi connectivity index (χ4n) is 3.19. The van der Waals surface area contributed by atoms with E-state index in [2.05, 4.69) is 41.9 Å². The topological polar surface area (TPSA) is 20.2 Å². The van der Waals surface area contributed by atoms with Crippen molar-refractivity contribution >= 4 is 15.9 Å². The van der Waals surface area contributed by atoms with Gasteiger partial charge in [-0.2, -0.15) is 0 Å². The number of benzene rings is 1. The van der Waals surface area contributed by atoms with Crippen LogP contribution in [0.4, 0.5) is 0 Å². The lowest BCUT2D eigenvalue weighted by Gasteiger charge is -2.23. The molecule has 1 aromatic rings. The number of rotatable bonds is 4. The summed E-state index contributed by atoms with van der Waals surface area (Å²) in [7, 11) is 0. The first kappa shape index (κ1) is 15.1. The average molecular weight is 325 g/mol. The van der Waals surface area contributed by atoms with Gasteiger partial charge in [-0.1, -0.05) is 54.1 Å². The molecule has 1 atom stereocenters. The first-order valence-electron chi connectivity index (χ1n) is 7.52. The van der Waals surface area contributed by atoms with Crippen molar-refractivity contribution < 1.29 is 5.11 Å². The zero-order valence-electron chi connectivity index (χ0n) is 12.1. The van der Waals surface area contributed by atoms with E-state index in [0.717, 1.165) is 22.4 Å². The van der Waals surface area contributed by atoms with Gasteiger partial charge in [-0.25, -0.2) is 0 Å². The van der Waals surface area contributed by atoms with Crippen molar-refractivity contribution in [1.82, 2.24) is 0 Å². The third-order valence-electron chi connectivity index (χ3n) is 4.48. The largest absolute Gasteiger partial charge is 0.388 e. The summed E-state index contributed by atoms with van der Waals surface area (Å²) >= 11 is 3.55. The van der Waals surface area contributed by atoms with Gasteiger partial charge in [-0.15, -0.1) is 0 Å². The van der Waals surface area contributed by atoms with Crippen LogP contribution in [0, 0.1) is 19.8 Å². The minimum Gasteiger partial charge on any atom is -0.388 e. The molecule has 0 radical (unpaired) electrons. The van der Waals surface area contributed by atoms with E-state index < -0.39 is 0 Å². The van der Waals surface area contributed by atoms with Gasteiger partial charge in [0.25, 0.3) is 0 Å². The second-order valence-electron chi connectivity index (χ2n) is 6.06. The zero-order valence-corrected chi connectivity index (χ0v) is 13.7. The van der Waals surface area contributed by atoms with E-state index in [1.165, 1.54) is 49.7 Å². The highest BCUT2D eigenvalue weighted by Gasteiger charge is 2.17.